The lowest BCUT2D eigenvalue weighted by molar-refractivity contribution is 0.0324. The zero-order valence-corrected chi connectivity index (χ0v) is 10.8. The molecular weight excluding hydrogens is 234 g/mol. The third-order valence-corrected chi connectivity index (χ3v) is 3.05. The Morgan fingerprint density at radius 3 is 2.72 bits per heavy atom. The molecule has 1 aliphatic heterocycles. The van der Waals surface area contributed by atoms with Crippen molar-refractivity contribution in [2.45, 2.75) is 26.4 Å². The van der Waals surface area contributed by atoms with E-state index in [4.69, 9.17) is 9.84 Å². The van der Waals surface area contributed by atoms with Crippen LogP contribution in [0.1, 0.15) is 36.2 Å². The molecule has 100 valence electrons. The molecule has 0 bridgehead atoms. The van der Waals surface area contributed by atoms with Crippen molar-refractivity contribution in [1.82, 2.24) is 14.5 Å². The van der Waals surface area contributed by atoms with Crippen molar-refractivity contribution in [3.8, 4) is 0 Å². The van der Waals surface area contributed by atoms with Crippen LogP contribution in [0.5, 0.6) is 0 Å². The molecule has 1 fully saturated rings. The monoisotopic (exact) mass is 253 g/mol. The number of aromatic nitrogens is 2. The normalized spacial score (nSPS) is 17.3. The van der Waals surface area contributed by atoms with Gasteiger partial charge in [-0.05, 0) is 13.8 Å². The molecule has 0 amide bonds. The SMILES string of the molecule is CC(C)n1cc(C(=O)O)nc1CN1CCOCC1. The van der Waals surface area contributed by atoms with Crippen molar-refractivity contribution in [3.63, 3.8) is 0 Å². The first-order valence-electron chi connectivity index (χ1n) is 6.19. The molecule has 1 N–H and O–H groups in total. The Morgan fingerprint density at radius 2 is 2.17 bits per heavy atom. The standard InChI is InChI=1S/C12H19N3O3/c1-9(2)15-7-10(12(16)17)13-11(15)8-14-3-5-18-6-4-14/h7,9H,3-6,8H2,1-2H3,(H,16,17). The number of carbonyl (C=O) groups is 1. The van der Waals surface area contributed by atoms with E-state index in [1.165, 1.54) is 0 Å². The third-order valence-electron chi connectivity index (χ3n) is 3.05. The number of hydrogen-bond acceptors (Lipinski definition) is 4. The van der Waals surface area contributed by atoms with Crippen LogP contribution in [0.2, 0.25) is 0 Å². The van der Waals surface area contributed by atoms with Crippen molar-refractivity contribution < 1.29 is 14.6 Å². The maximum Gasteiger partial charge on any atom is 0.356 e. The molecule has 0 aliphatic carbocycles. The molecule has 1 saturated heterocycles. The Bertz CT molecular complexity index is 422. The first-order chi connectivity index (χ1) is 8.58. The van der Waals surface area contributed by atoms with Gasteiger partial charge in [-0.2, -0.15) is 0 Å². The molecule has 2 rings (SSSR count). The second-order valence-electron chi connectivity index (χ2n) is 4.74. The van der Waals surface area contributed by atoms with Gasteiger partial charge in [0.25, 0.3) is 0 Å². The van der Waals surface area contributed by atoms with Gasteiger partial charge in [-0.15, -0.1) is 0 Å². The molecule has 0 spiro atoms. The van der Waals surface area contributed by atoms with E-state index >= 15 is 0 Å². The number of aromatic carboxylic acids is 1. The number of carboxylic acid groups (broad SMARTS) is 1. The van der Waals surface area contributed by atoms with Crippen LogP contribution in [0.4, 0.5) is 0 Å². The average Bonchev–Trinajstić information content (AvgIpc) is 2.74. The molecule has 0 atom stereocenters. The number of hydrogen-bond donors (Lipinski definition) is 1. The van der Waals surface area contributed by atoms with Gasteiger partial charge in [-0.3, -0.25) is 4.90 Å². The first kappa shape index (κ1) is 13.0. The Morgan fingerprint density at radius 1 is 1.50 bits per heavy atom. The van der Waals surface area contributed by atoms with Crippen molar-refractivity contribution in [1.29, 1.82) is 0 Å². The highest BCUT2D eigenvalue weighted by atomic mass is 16.5. The van der Waals surface area contributed by atoms with Gasteiger partial charge in [0.2, 0.25) is 0 Å². The van der Waals surface area contributed by atoms with Crippen LogP contribution in [0.3, 0.4) is 0 Å². The summed E-state index contributed by atoms with van der Waals surface area (Å²) in [6.07, 6.45) is 1.61. The molecule has 0 saturated carbocycles. The van der Waals surface area contributed by atoms with Crippen LogP contribution < -0.4 is 0 Å². The summed E-state index contributed by atoms with van der Waals surface area (Å²) in [7, 11) is 0. The van der Waals surface area contributed by atoms with Crippen molar-refractivity contribution >= 4 is 5.97 Å². The number of morpholine rings is 1. The summed E-state index contributed by atoms with van der Waals surface area (Å²) in [6, 6.07) is 0.210. The number of ether oxygens (including phenoxy) is 1. The van der Waals surface area contributed by atoms with E-state index in [-0.39, 0.29) is 11.7 Å². The molecule has 6 nitrogen and oxygen atoms in total. The van der Waals surface area contributed by atoms with Crippen LogP contribution in [-0.4, -0.2) is 51.8 Å². The summed E-state index contributed by atoms with van der Waals surface area (Å²) < 4.78 is 7.23. The lowest BCUT2D eigenvalue weighted by atomic mass is 10.3. The number of rotatable bonds is 4. The number of imidazole rings is 1. The van der Waals surface area contributed by atoms with Crippen molar-refractivity contribution in [3.05, 3.63) is 17.7 Å². The third kappa shape index (κ3) is 2.88. The van der Waals surface area contributed by atoms with E-state index in [0.29, 0.717) is 6.54 Å². The summed E-state index contributed by atoms with van der Waals surface area (Å²) in [5.41, 5.74) is 0.118. The molecular formula is C12H19N3O3. The maximum atomic E-state index is 11.0. The molecule has 2 heterocycles. The Kier molecular flexibility index (Phi) is 3.98. The van der Waals surface area contributed by atoms with Gasteiger partial charge in [-0.1, -0.05) is 0 Å². The van der Waals surface area contributed by atoms with Gasteiger partial charge < -0.3 is 14.4 Å². The summed E-state index contributed by atoms with van der Waals surface area (Å²) in [5.74, 6) is -0.165. The minimum atomic E-state index is -0.974. The van der Waals surface area contributed by atoms with Crippen LogP contribution in [0.25, 0.3) is 0 Å². The van der Waals surface area contributed by atoms with E-state index in [1.54, 1.807) is 6.20 Å². The fraction of sp³-hybridized carbons (Fsp3) is 0.667. The summed E-state index contributed by atoms with van der Waals surface area (Å²) in [5, 5.41) is 9.00. The lowest BCUT2D eigenvalue weighted by Crippen LogP contribution is -2.36. The van der Waals surface area contributed by atoms with Gasteiger partial charge in [0.15, 0.2) is 5.69 Å². The minimum Gasteiger partial charge on any atom is -0.476 e. The predicted octanol–water partition coefficient (Wildman–Crippen LogP) is 0.994. The van der Waals surface area contributed by atoms with Crippen LogP contribution in [-0.2, 0) is 11.3 Å². The highest BCUT2D eigenvalue weighted by Gasteiger charge is 2.18. The van der Waals surface area contributed by atoms with Gasteiger partial charge in [-0.25, -0.2) is 9.78 Å². The van der Waals surface area contributed by atoms with E-state index in [1.807, 2.05) is 18.4 Å². The van der Waals surface area contributed by atoms with Crippen molar-refractivity contribution in [2.24, 2.45) is 0 Å². The van der Waals surface area contributed by atoms with Gasteiger partial charge in [0.1, 0.15) is 5.82 Å². The zero-order valence-electron chi connectivity index (χ0n) is 10.8. The van der Waals surface area contributed by atoms with Gasteiger partial charge >= 0.3 is 5.97 Å². The molecule has 6 heteroatoms. The van der Waals surface area contributed by atoms with E-state index in [2.05, 4.69) is 9.88 Å². The molecule has 18 heavy (non-hydrogen) atoms. The smallest absolute Gasteiger partial charge is 0.356 e. The fourth-order valence-corrected chi connectivity index (χ4v) is 2.06. The van der Waals surface area contributed by atoms with Crippen LogP contribution in [0.15, 0.2) is 6.20 Å². The molecule has 1 aliphatic rings. The van der Waals surface area contributed by atoms with E-state index < -0.39 is 5.97 Å². The number of nitrogens with zero attached hydrogens (tertiary/aromatic N) is 3. The topological polar surface area (TPSA) is 67.6 Å². The second-order valence-corrected chi connectivity index (χ2v) is 4.74. The minimum absolute atomic E-state index is 0.118. The average molecular weight is 253 g/mol. The predicted molar refractivity (Wildman–Crippen MR) is 65.7 cm³/mol. The summed E-state index contributed by atoms with van der Waals surface area (Å²) in [6.45, 7) is 7.92. The fourth-order valence-electron chi connectivity index (χ4n) is 2.06. The quantitative estimate of drug-likeness (QED) is 0.867. The van der Waals surface area contributed by atoms with Gasteiger partial charge in [0, 0.05) is 25.3 Å². The van der Waals surface area contributed by atoms with Crippen LogP contribution >= 0.6 is 0 Å². The molecule has 0 aromatic carbocycles. The number of carboxylic acids is 1. The van der Waals surface area contributed by atoms with Crippen LogP contribution in [0, 0.1) is 0 Å². The highest BCUT2D eigenvalue weighted by molar-refractivity contribution is 5.85. The summed E-state index contributed by atoms with van der Waals surface area (Å²) in [4.78, 5) is 17.4. The second kappa shape index (κ2) is 5.49. The lowest BCUT2D eigenvalue weighted by Gasteiger charge is -2.26. The Balaban J connectivity index is 2.16. The molecule has 0 unspecified atom stereocenters. The first-order valence-corrected chi connectivity index (χ1v) is 6.19. The zero-order chi connectivity index (χ0) is 13.1. The Labute approximate surface area is 106 Å². The summed E-state index contributed by atoms with van der Waals surface area (Å²) >= 11 is 0. The largest absolute Gasteiger partial charge is 0.476 e. The van der Waals surface area contributed by atoms with E-state index in [9.17, 15) is 4.79 Å². The van der Waals surface area contributed by atoms with Crippen molar-refractivity contribution in [2.75, 3.05) is 26.3 Å². The highest BCUT2D eigenvalue weighted by Crippen LogP contribution is 2.14. The molecule has 1 aromatic heterocycles. The molecule has 1 aromatic rings. The van der Waals surface area contributed by atoms with E-state index in [0.717, 1.165) is 32.1 Å². The Hall–Kier alpha value is -1.40. The van der Waals surface area contributed by atoms with Gasteiger partial charge in [0.05, 0.1) is 19.8 Å². The maximum absolute atomic E-state index is 11.0. The molecule has 0 radical (unpaired) electrons.